The molecule has 0 spiro atoms. The second-order valence-corrected chi connectivity index (χ2v) is 7.77. The lowest BCUT2D eigenvalue weighted by Gasteiger charge is -2.00. The van der Waals surface area contributed by atoms with Gasteiger partial charge in [-0.05, 0) is 36.4 Å². The van der Waals surface area contributed by atoms with Gasteiger partial charge in [-0.25, -0.2) is 4.98 Å². The molecule has 0 saturated carbocycles. The fourth-order valence-electron chi connectivity index (χ4n) is 2.54. The summed E-state index contributed by atoms with van der Waals surface area (Å²) in [5.41, 5.74) is 1.70. The summed E-state index contributed by atoms with van der Waals surface area (Å²) >= 11 is 2.51. The molecule has 0 unspecified atom stereocenters. The van der Waals surface area contributed by atoms with E-state index >= 15 is 0 Å². The molecule has 2 heterocycles. The Hall–Kier alpha value is -3.35. The number of methoxy groups -OCH3 is 1. The van der Waals surface area contributed by atoms with Gasteiger partial charge >= 0.3 is 0 Å². The summed E-state index contributed by atoms with van der Waals surface area (Å²) in [6.45, 7) is 0. The molecule has 0 bridgehead atoms. The maximum Gasteiger partial charge on any atom is 0.277 e. The van der Waals surface area contributed by atoms with Gasteiger partial charge in [0.25, 0.3) is 5.22 Å². The highest BCUT2D eigenvalue weighted by Gasteiger charge is 2.16. The predicted molar refractivity (Wildman–Crippen MR) is 112 cm³/mol. The Labute approximate surface area is 174 Å². The summed E-state index contributed by atoms with van der Waals surface area (Å²) in [6, 6.07) is 16.9. The van der Waals surface area contributed by atoms with Crippen molar-refractivity contribution in [2.24, 2.45) is 0 Å². The molecule has 0 atom stereocenters. The van der Waals surface area contributed by atoms with Crippen LogP contribution in [0, 0.1) is 11.3 Å². The van der Waals surface area contributed by atoms with Crippen LogP contribution in [0.2, 0.25) is 0 Å². The van der Waals surface area contributed by atoms with Crippen molar-refractivity contribution < 1.29 is 14.3 Å². The Morgan fingerprint density at radius 2 is 2.00 bits per heavy atom. The van der Waals surface area contributed by atoms with Gasteiger partial charge in [-0.15, -0.1) is 21.5 Å². The molecule has 4 aromatic rings. The average Bonchev–Trinajstić information content (AvgIpc) is 3.40. The molecule has 9 heteroatoms. The smallest absolute Gasteiger partial charge is 0.277 e. The number of hydrogen-bond acceptors (Lipinski definition) is 9. The normalized spacial score (nSPS) is 11.9. The number of allylic oxidation sites excluding steroid dienone is 1. The second kappa shape index (κ2) is 8.34. The molecular weight excluding hydrogens is 408 g/mol. The lowest BCUT2D eigenvalue weighted by atomic mass is 10.2. The third-order valence-electron chi connectivity index (χ3n) is 3.98. The van der Waals surface area contributed by atoms with E-state index in [4.69, 9.17) is 9.15 Å². The van der Waals surface area contributed by atoms with Crippen LogP contribution in [-0.2, 0) is 0 Å². The van der Waals surface area contributed by atoms with Crippen molar-refractivity contribution in [1.82, 2.24) is 15.2 Å². The number of fused-ring (bicyclic) bond motifs is 1. The average molecular weight is 422 g/mol. The molecular formula is C20H14N4O3S2. The molecule has 0 radical (unpaired) electrons. The van der Waals surface area contributed by atoms with Gasteiger partial charge in [0.15, 0.2) is 0 Å². The van der Waals surface area contributed by atoms with Gasteiger partial charge in [-0.1, -0.05) is 23.9 Å². The van der Waals surface area contributed by atoms with Crippen molar-refractivity contribution in [3.63, 3.8) is 0 Å². The summed E-state index contributed by atoms with van der Waals surface area (Å²) in [4.78, 5) is 4.43. The number of rotatable bonds is 6. The van der Waals surface area contributed by atoms with Gasteiger partial charge in [0.05, 0.1) is 23.1 Å². The minimum absolute atomic E-state index is 0.0826. The highest BCUT2D eigenvalue weighted by atomic mass is 32.2. The predicted octanol–water partition coefficient (Wildman–Crippen LogP) is 4.94. The molecule has 1 N–H and O–H groups in total. The number of thioether (sulfide) groups is 1. The van der Waals surface area contributed by atoms with Crippen molar-refractivity contribution in [2.45, 2.75) is 5.22 Å². The zero-order chi connectivity index (χ0) is 20.2. The lowest BCUT2D eigenvalue weighted by Crippen LogP contribution is -1.92. The monoisotopic (exact) mass is 422 g/mol. The molecule has 4 rings (SSSR count). The molecule has 144 valence electrons. The topological polar surface area (TPSA) is 105 Å². The van der Waals surface area contributed by atoms with Crippen LogP contribution in [-0.4, -0.2) is 33.2 Å². The molecule has 0 amide bonds. The minimum Gasteiger partial charge on any atom is -0.510 e. The van der Waals surface area contributed by atoms with E-state index in [0.717, 1.165) is 33.3 Å². The summed E-state index contributed by atoms with van der Waals surface area (Å²) in [7, 11) is 1.60. The Kier molecular flexibility index (Phi) is 5.46. The number of ether oxygens (including phenoxy) is 1. The molecule has 0 saturated heterocycles. The zero-order valence-corrected chi connectivity index (χ0v) is 16.8. The Bertz CT molecular complexity index is 1190. The van der Waals surface area contributed by atoms with Gasteiger partial charge < -0.3 is 14.3 Å². The quantitative estimate of drug-likeness (QED) is 0.265. The molecule has 0 aliphatic heterocycles. The maximum atomic E-state index is 10.4. The van der Waals surface area contributed by atoms with Gasteiger partial charge in [0, 0.05) is 5.56 Å². The van der Waals surface area contributed by atoms with Crippen molar-refractivity contribution >= 4 is 38.9 Å². The number of nitrogens with zero attached hydrogens (tertiary/aromatic N) is 4. The minimum atomic E-state index is -0.0826. The van der Waals surface area contributed by atoms with E-state index in [1.807, 2.05) is 42.5 Å². The summed E-state index contributed by atoms with van der Waals surface area (Å²) in [6.07, 6.45) is 0. The number of nitriles is 1. The van der Waals surface area contributed by atoms with E-state index in [1.165, 1.54) is 11.3 Å². The first-order valence-corrected chi connectivity index (χ1v) is 10.3. The molecule has 29 heavy (non-hydrogen) atoms. The number of aliphatic hydroxyl groups excluding tert-OH is 1. The van der Waals surface area contributed by atoms with Crippen LogP contribution < -0.4 is 4.74 Å². The molecule has 7 nitrogen and oxygen atoms in total. The Morgan fingerprint density at radius 1 is 1.21 bits per heavy atom. The third kappa shape index (κ3) is 4.08. The first kappa shape index (κ1) is 19.0. The standard InChI is InChI=1S/C20H14N4O3S2/c1-26-13-8-6-12(7-9-13)18-23-24-20(27-18)28-11-16(25)14(10-21)19-22-15-4-2-3-5-17(15)29-19/h2-9,25H,11H2,1H3/b16-14-. The number of para-hydroxylation sites is 1. The van der Waals surface area contributed by atoms with Crippen LogP contribution in [0.15, 0.2) is 63.9 Å². The highest BCUT2D eigenvalue weighted by molar-refractivity contribution is 7.99. The third-order valence-corrected chi connectivity index (χ3v) is 5.87. The van der Waals surface area contributed by atoms with Crippen molar-refractivity contribution in [2.75, 3.05) is 12.9 Å². The molecule has 0 fully saturated rings. The first-order valence-electron chi connectivity index (χ1n) is 8.47. The number of hydrogen-bond donors (Lipinski definition) is 1. The van der Waals surface area contributed by atoms with Gasteiger partial charge in [-0.2, -0.15) is 5.26 Å². The summed E-state index contributed by atoms with van der Waals surface area (Å²) in [5, 5.41) is 28.7. The van der Waals surface area contributed by atoms with Crippen LogP contribution >= 0.6 is 23.1 Å². The Balaban J connectivity index is 1.50. The molecule has 2 aromatic carbocycles. The number of benzene rings is 2. The van der Waals surface area contributed by atoms with Crippen LogP contribution in [0.4, 0.5) is 0 Å². The van der Waals surface area contributed by atoms with E-state index in [1.54, 1.807) is 19.2 Å². The van der Waals surface area contributed by atoms with E-state index < -0.39 is 0 Å². The highest BCUT2D eigenvalue weighted by Crippen LogP contribution is 2.30. The van der Waals surface area contributed by atoms with Crippen LogP contribution in [0.25, 0.3) is 27.2 Å². The van der Waals surface area contributed by atoms with Crippen LogP contribution in [0.5, 0.6) is 5.75 Å². The van der Waals surface area contributed by atoms with Gasteiger partial charge in [0.1, 0.15) is 28.2 Å². The summed E-state index contributed by atoms with van der Waals surface area (Å²) in [5.74, 6) is 1.13. The number of aromatic nitrogens is 3. The SMILES string of the molecule is COc1ccc(-c2nnc(SC/C(O)=C(\C#N)c3nc4ccccc4s3)o2)cc1. The second-order valence-electron chi connectivity index (χ2n) is 5.81. The van der Waals surface area contributed by atoms with Gasteiger partial charge in [-0.3, -0.25) is 0 Å². The largest absolute Gasteiger partial charge is 0.510 e. The fraction of sp³-hybridized carbons (Fsp3) is 0.100. The zero-order valence-electron chi connectivity index (χ0n) is 15.2. The van der Waals surface area contributed by atoms with Crippen molar-refractivity contribution in [3.05, 3.63) is 59.3 Å². The van der Waals surface area contributed by atoms with Crippen molar-refractivity contribution in [1.29, 1.82) is 5.26 Å². The fourth-order valence-corrected chi connectivity index (χ4v) is 4.16. The molecule has 0 aliphatic rings. The van der Waals surface area contributed by atoms with Crippen LogP contribution in [0.3, 0.4) is 0 Å². The lowest BCUT2D eigenvalue weighted by molar-refractivity contribution is 0.414. The van der Waals surface area contributed by atoms with E-state index in [0.29, 0.717) is 16.1 Å². The maximum absolute atomic E-state index is 10.4. The number of aliphatic hydroxyl groups is 1. The van der Waals surface area contributed by atoms with Gasteiger partial charge in [0.2, 0.25) is 5.89 Å². The van der Waals surface area contributed by atoms with Crippen molar-refractivity contribution in [3.8, 4) is 23.3 Å². The van der Waals surface area contributed by atoms with E-state index in [9.17, 15) is 10.4 Å². The first-order chi connectivity index (χ1) is 14.2. The van der Waals surface area contributed by atoms with Crippen LogP contribution in [0.1, 0.15) is 5.01 Å². The number of thiazole rings is 1. The molecule has 0 aliphatic carbocycles. The van der Waals surface area contributed by atoms with E-state index in [-0.39, 0.29) is 17.1 Å². The summed E-state index contributed by atoms with van der Waals surface area (Å²) < 4.78 is 11.7. The molecule has 2 aromatic heterocycles. The van der Waals surface area contributed by atoms with E-state index in [2.05, 4.69) is 15.2 Å². The Morgan fingerprint density at radius 3 is 2.72 bits per heavy atom.